The summed E-state index contributed by atoms with van der Waals surface area (Å²) in [7, 11) is -2.32. The number of hydrogen-bond acceptors (Lipinski definition) is 7. The molecule has 7 nitrogen and oxygen atoms in total. The summed E-state index contributed by atoms with van der Waals surface area (Å²) in [6.07, 6.45) is 3.38. The highest BCUT2D eigenvalue weighted by Gasteiger charge is 2.49. The monoisotopic (exact) mass is 644 g/mol. The van der Waals surface area contributed by atoms with Gasteiger partial charge in [-0.15, -0.1) is 0 Å². The van der Waals surface area contributed by atoms with Crippen LogP contribution < -0.4 is 0 Å². The van der Waals surface area contributed by atoms with Crippen molar-refractivity contribution in [3.05, 3.63) is 12.2 Å². The quantitative estimate of drug-likeness (QED) is 0.141. The Labute approximate surface area is 266 Å². The number of aliphatic hydroxyl groups excluding tert-OH is 2. The maximum Gasteiger partial charge on any atom is 0.192 e. The van der Waals surface area contributed by atoms with Gasteiger partial charge in [0.1, 0.15) is 0 Å². The fourth-order valence-electron chi connectivity index (χ4n) is 6.00. The molecule has 254 valence electrons. The molecule has 2 N–H and O–H groups in total. The van der Waals surface area contributed by atoms with Gasteiger partial charge in [0, 0.05) is 32.5 Å². The summed E-state index contributed by atoms with van der Waals surface area (Å²) in [4.78, 5) is 0. The summed E-state index contributed by atoms with van der Waals surface area (Å²) >= 11 is 0. The van der Waals surface area contributed by atoms with Gasteiger partial charge in [-0.1, -0.05) is 55.0 Å². The number of rotatable bonds is 15. The van der Waals surface area contributed by atoms with E-state index in [2.05, 4.69) is 81.2 Å². The number of hydrogen-bond donors (Lipinski definition) is 2. The lowest BCUT2D eigenvalue weighted by Crippen LogP contribution is -2.49. The maximum absolute atomic E-state index is 10.5. The third-order valence-corrected chi connectivity index (χ3v) is 19.9. The van der Waals surface area contributed by atoms with Gasteiger partial charge in [-0.25, -0.2) is 0 Å². The Morgan fingerprint density at radius 2 is 1.58 bits per heavy atom. The van der Waals surface area contributed by atoms with Crippen LogP contribution in [0.5, 0.6) is 0 Å². The predicted octanol–water partition coefficient (Wildman–Crippen LogP) is 7.47. The van der Waals surface area contributed by atoms with Gasteiger partial charge in [0.25, 0.3) is 0 Å². The minimum Gasteiger partial charge on any atom is -0.414 e. The van der Waals surface area contributed by atoms with E-state index < -0.39 is 22.7 Å². The van der Waals surface area contributed by atoms with Crippen LogP contribution in [0.25, 0.3) is 0 Å². The highest BCUT2D eigenvalue weighted by Crippen LogP contribution is 2.43. The van der Waals surface area contributed by atoms with E-state index in [1.807, 2.05) is 6.92 Å². The van der Waals surface area contributed by atoms with E-state index >= 15 is 0 Å². The number of aliphatic hydroxyl groups is 2. The molecule has 9 heteroatoms. The van der Waals surface area contributed by atoms with Crippen LogP contribution >= 0.6 is 0 Å². The average molecular weight is 645 g/mol. The average Bonchev–Trinajstić information content (AvgIpc) is 3.17. The highest BCUT2D eigenvalue weighted by atomic mass is 28.4. The fourth-order valence-corrected chi connectivity index (χ4v) is 8.38. The molecule has 0 bridgehead atoms. The van der Waals surface area contributed by atoms with Crippen LogP contribution in [-0.2, 0) is 23.1 Å². The molecule has 0 aromatic carbocycles. The van der Waals surface area contributed by atoms with Crippen LogP contribution in [-0.4, -0.2) is 89.9 Å². The second-order valence-electron chi connectivity index (χ2n) is 16.5. The molecular formula is C34H68O7Si2. The molecule has 0 saturated carbocycles. The third-order valence-electron chi connectivity index (χ3n) is 10.9. The Balaban J connectivity index is 2.33. The van der Waals surface area contributed by atoms with E-state index in [4.69, 9.17) is 23.1 Å². The molecule has 43 heavy (non-hydrogen) atoms. The van der Waals surface area contributed by atoms with E-state index in [0.717, 1.165) is 24.8 Å². The number of ether oxygens (including phenoxy) is 3. The zero-order valence-corrected chi connectivity index (χ0v) is 32.0. The van der Waals surface area contributed by atoms with Gasteiger partial charge in [-0.2, -0.15) is 0 Å². The van der Waals surface area contributed by atoms with Crippen molar-refractivity contribution in [3.8, 4) is 0 Å². The molecule has 0 aliphatic carbocycles. The SMILES string of the molecule is C=C1[C@H](C)C[C@H](CCCO)O[C@@H]1C[C@@H]1O[C@H](CC(CO[Si](C)(C)C(C)(C)C)O[Si](C)(C)C(C)(C)C)[C@H](OC)[C@H]1CC(C)O. The standard InChI is InChI=1S/C34H68O7Si2/c1-23-18-26(16-15-17-35)39-29(25(23)3)21-30-28(19-24(2)36)32(37-10)31(40-30)20-27(41-43(13,14)34(7,8)9)22-38-42(11,12)33(4,5)6/h23-24,26-32,35-36H,3,15-22H2,1-2,4-14H3/t23-,24?,26+,27?,28+,29-,30+,31-,32-/m1/s1. The van der Waals surface area contributed by atoms with Crippen LogP contribution in [0, 0.1) is 11.8 Å². The first kappa shape index (κ1) is 39.1. The van der Waals surface area contributed by atoms with Gasteiger partial charge in [-0.05, 0) is 80.4 Å². The van der Waals surface area contributed by atoms with Crippen molar-refractivity contribution in [2.45, 2.75) is 173 Å². The van der Waals surface area contributed by atoms with Gasteiger partial charge in [0.2, 0.25) is 0 Å². The first-order chi connectivity index (χ1) is 19.6. The van der Waals surface area contributed by atoms with Crippen LogP contribution in [0.15, 0.2) is 12.2 Å². The Morgan fingerprint density at radius 1 is 0.977 bits per heavy atom. The van der Waals surface area contributed by atoms with Gasteiger partial charge >= 0.3 is 0 Å². The van der Waals surface area contributed by atoms with Crippen molar-refractivity contribution in [1.29, 1.82) is 0 Å². The lowest BCUT2D eigenvalue weighted by Gasteiger charge is -2.42. The lowest BCUT2D eigenvalue weighted by molar-refractivity contribution is -0.0771. The molecule has 0 aromatic heterocycles. The second kappa shape index (κ2) is 15.7. The molecule has 9 atom stereocenters. The highest BCUT2D eigenvalue weighted by molar-refractivity contribution is 6.74. The maximum atomic E-state index is 10.5. The van der Waals surface area contributed by atoms with Crippen molar-refractivity contribution >= 4 is 16.6 Å². The lowest BCUT2D eigenvalue weighted by atomic mass is 9.82. The Kier molecular flexibility index (Phi) is 14.2. The molecule has 0 radical (unpaired) electrons. The van der Waals surface area contributed by atoms with Gasteiger partial charge < -0.3 is 33.3 Å². The summed E-state index contributed by atoms with van der Waals surface area (Å²) < 4.78 is 33.4. The Morgan fingerprint density at radius 3 is 2.09 bits per heavy atom. The Hall–Kier alpha value is -0.106. The van der Waals surface area contributed by atoms with E-state index in [0.29, 0.717) is 31.8 Å². The van der Waals surface area contributed by atoms with Gasteiger partial charge in [0.15, 0.2) is 16.6 Å². The van der Waals surface area contributed by atoms with Crippen LogP contribution in [0.1, 0.15) is 93.9 Å². The van der Waals surface area contributed by atoms with E-state index in [9.17, 15) is 10.2 Å². The molecule has 2 saturated heterocycles. The summed E-state index contributed by atoms with van der Waals surface area (Å²) in [6, 6.07) is 0. The van der Waals surface area contributed by atoms with E-state index in [1.165, 1.54) is 0 Å². The largest absolute Gasteiger partial charge is 0.414 e. The summed E-state index contributed by atoms with van der Waals surface area (Å²) in [6.45, 7) is 32.0. The summed E-state index contributed by atoms with van der Waals surface area (Å²) in [5, 5.41) is 20.1. The molecule has 0 aromatic rings. The van der Waals surface area contributed by atoms with Crippen LogP contribution in [0.3, 0.4) is 0 Å². The van der Waals surface area contributed by atoms with Gasteiger partial charge in [0.05, 0.1) is 49.3 Å². The molecular weight excluding hydrogens is 577 g/mol. The number of methoxy groups -OCH3 is 1. The molecule has 2 fully saturated rings. The summed E-state index contributed by atoms with van der Waals surface area (Å²) in [5.41, 5.74) is 1.11. The van der Waals surface area contributed by atoms with Crippen molar-refractivity contribution in [2.24, 2.45) is 11.8 Å². The molecule has 2 rings (SSSR count). The zero-order valence-electron chi connectivity index (χ0n) is 30.0. The van der Waals surface area contributed by atoms with Crippen molar-refractivity contribution in [3.63, 3.8) is 0 Å². The van der Waals surface area contributed by atoms with Crippen LogP contribution in [0.4, 0.5) is 0 Å². The van der Waals surface area contributed by atoms with Crippen LogP contribution in [0.2, 0.25) is 36.3 Å². The predicted molar refractivity (Wildman–Crippen MR) is 182 cm³/mol. The third kappa shape index (κ3) is 10.7. The van der Waals surface area contributed by atoms with Crippen molar-refractivity contribution < 1.29 is 33.3 Å². The first-order valence-corrected chi connectivity index (χ1v) is 22.6. The minimum absolute atomic E-state index is 0.0226. The second-order valence-corrected chi connectivity index (χ2v) is 26.1. The van der Waals surface area contributed by atoms with Crippen molar-refractivity contribution in [2.75, 3.05) is 20.3 Å². The fraction of sp³-hybridized carbons (Fsp3) is 0.941. The van der Waals surface area contributed by atoms with E-state index in [-0.39, 0.29) is 59.2 Å². The smallest absolute Gasteiger partial charge is 0.192 e. The Bertz CT molecular complexity index is 864. The molecule has 2 unspecified atom stereocenters. The molecule has 2 aliphatic heterocycles. The zero-order chi connectivity index (χ0) is 33.0. The van der Waals surface area contributed by atoms with E-state index in [1.54, 1.807) is 7.11 Å². The normalized spacial score (nSPS) is 31.0. The topological polar surface area (TPSA) is 86.6 Å². The molecule has 0 spiro atoms. The molecule has 2 heterocycles. The van der Waals surface area contributed by atoms with Gasteiger partial charge in [-0.3, -0.25) is 0 Å². The molecule has 2 aliphatic rings. The molecule has 0 amide bonds. The first-order valence-electron chi connectivity index (χ1n) is 16.8. The minimum atomic E-state index is -2.10. The van der Waals surface area contributed by atoms with Crippen molar-refractivity contribution in [1.82, 2.24) is 0 Å². The summed E-state index contributed by atoms with van der Waals surface area (Å²) in [5.74, 6) is 0.372.